The average Bonchev–Trinajstić information content (AvgIpc) is 2.99. The van der Waals surface area contributed by atoms with Crippen molar-refractivity contribution in [1.82, 2.24) is 0 Å². The highest BCUT2D eigenvalue weighted by Gasteiger charge is 2.19. The van der Waals surface area contributed by atoms with Crippen molar-refractivity contribution in [3.05, 3.63) is 40.1 Å². The Labute approximate surface area is 115 Å². The summed E-state index contributed by atoms with van der Waals surface area (Å²) in [5.74, 6) is 1.41. The minimum absolute atomic E-state index is 0.0900. The summed E-state index contributed by atoms with van der Waals surface area (Å²) in [7, 11) is 4.59. The molecule has 1 aromatic heterocycles. The van der Waals surface area contributed by atoms with Crippen LogP contribution < -0.4 is 14.2 Å². The van der Waals surface area contributed by atoms with Crippen LogP contribution >= 0.6 is 11.3 Å². The lowest BCUT2D eigenvalue weighted by molar-refractivity contribution is 0.103. The third-order valence-electron chi connectivity index (χ3n) is 2.70. The molecule has 0 spiro atoms. The first-order chi connectivity index (χ1) is 9.21. The minimum atomic E-state index is -0.0900. The highest BCUT2D eigenvalue weighted by atomic mass is 32.1. The number of hydrogen-bond acceptors (Lipinski definition) is 5. The highest BCUT2D eigenvalue weighted by Crippen LogP contribution is 2.36. The Kier molecular flexibility index (Phi) is 4.06. The first kappa shape index (κ1) is 13.4. The Morgan fingerprint density at radius 3 is 2.16 bits per heavy atom. The quantitative estimate of drug-likeness (QED) is 0.789. The molecule has 0 N–H and O–H groups in total. The van der Waals surface area contributed by atoms with Crippen molar-refractivity contribution in [3.63, 3.8) is 0 Å². The van der Waals surface area contributed by atoms with Crippen molar-refractivity contribution in [1.29, 1.82) is 0 Å². The van der Waals surface area contributed by atoms with Gasteiger partial charge in [0.25, 0.3) is 0 Å². The molecule has 100 valence electrons. The SMILES string of the molecule is COc1cc(OC)c(C(=O)c2cccs2)cc1OC. The fourth-order valence-corrected chi connectivity index (χ4v) is 2.43. The van der Waals surface area contributed by atoms with Gasteiger partial charge in [-0.05, 0) is 17.5 Å². The molecule has 0 aliphatic heterocycles. The Morgan fingerprint density at radius 1 is 1.00 bits per heavy atom. The van der Waals surface area contributed by atoms with Crippen molar-refractivity contribution in [2.24, 2.45) is 0 Å². The summed E-state index contributed by atoms with van der Waals surface area (Å²) in [4.78, 5) is 13.0. The third-order valence-corrected chi connectivity index (χ3v) is 3.56. The van der Waals surface area contributed by atoms with Crippen LogP contribution in [0.1, 0.15) is 15.2 Å². The molecule has 0 aliphatic rings. The predicted molar refractivity (Wildman–Crippen MR) is 73.8 cm³/mol. The summed E-state index contributed by atoms with van der Waals surface area (Å²) in [6, 6.07) is 6.91. The summed E-state index contributed by atoms with van der Waals surface area (Å²) in [6.45, 7) is 0. The molecule has 19 heavy (non-hydrogen) atoms. The van der Waals surface area contributed by atoms with Gasteiger partial charge in [0.1, 0.15) is 5.75 Å². The molecule has 0 saturated heterocycles. The number of carbonyl (C=O) groups excluding carboxylic acids is 1. The summed E-state index contributed by atoms with van der Waals surface area (Å²) in [5.41, 5.74) is 0.461. The van der Waals surface area contributed by atoms with Gasteiger partial charge in [-0.25, -0.2) is 0 Å². The maximum atomic E-state index is 12.4. The molecule has 0 bridgehead atoms. The van der Waals surface area contributed by atoms with Gasteiger partial charge in [0, 0.05) is 6.07 Å². The lowest BCUT2D eigenvalue weighted by atomic mass is 10.1. The molecule has 1 aromatic carbocycles. The zero-order chi connectivity index (χ0) is 13.8. The molecule has 0 unspecified atom stereocenters. The van der Waals surface area contributed by atoms with Gasteiger partial charge in [-0.15, -0.1) is 11.3 Å². The van der Waals surface area contributed by atoms with E-state index in [0.717, 1.165) is 0 Å². The summed E-state index contributed by atoms with van der Waals surface area (Å²) in [6.07, 6.45) is 0. The highest BCUT2D eigenvalue weighted by molar-refractivity contribution is 7.12. The largest absolute Gasteiger partial charge is 0.496 e. The van der Waals surface area contributed by atoms with Gasteiger partial charge in [-0.3, -0.25) is 4.79 Å². The maximum Gasteiger partial charge on any atom is 0.206 e. The van der Waals surface area contributed by atoms with Crippen LogP contribution in [0.3, 0.4) is 0 Å². The first-order valence-electron chi connectivity index (χ1n) is 5.59. The van der Waals surface area contributed by atoms with E-state index in [0.29, 0.717) is 27.7 Å². The number of methoxy groups -OCH3 is 3. The number of hydrogen-bond donors (Lipinski definition) is 0. The zero-order valence-corrected chi connectivity index (χ0v) is 11.7. The molecule has 5 heteroatoms. The Hall–Kier alpha value is -2.01. The molecule has 0 saturated carbocycles. The smallest absolute Gasteiger partial charge is 0.206 e. The fourth-order valence-electron chi connectivity index (χ4n) is 1.75. The van der Waals surface area contributed by atoms with Gasteiger partial charge < -0.3 is 14.2 Å². The second-order valence-corrected chi connectivity index (χ2v) is 4.66. The lowest BCUT2D eigenvalue weighted by Crippen LogP contribution is -2.04. The number of benzene rings is 1. The van der Waals surface area contributed by atoms with Gasteiger partial charge in [0.05, 0.1) is 31.8 Å². The molecule has 0 atom stereocenters. The Morgan fingerprint density at radius 2 is 1.63 bits per heavy atom. The summed E-state index contributed by atoms with van der Waals surface area (Å²) >= 11 is 1.39. The van der Waals surface area contributed by atoms with Crippen LogP contribution in [0, 0.1) is 0 Å². The van der Waals surface area contributed by atoms with Crippen LogP contribution in [-0.4, -0.2) is 27.1 Å². The van der Waals surface area contributed by atoms with Crippen LogP contribution in [0.4, 0.5) is 0 Å². The average molecular weight is 278 g/mol. The second-order valence-electron chi connectivity index (χ2n) is 3.71. The normalized spacial score (nSPS) is 10.1. The van der Waals surface area contributed by atoms with E-state index in [1.807, 2.05) is 11.4 Å². The number of carbonyl (C=O) groups is 1. The Bertz CT molecular complexity index is 575. The van der Waals surface area contributed by atoms with E-state index < -0.39 is 0 Å². The molecule has 4 nitrogen and oxygen atoms in total. The van der Waals surface area contributed by atoms with Crippen molar-refractivity contribution in [3.8, 4) is 17.2 Å². The minimum Gasteiger partial charge on any atom is -0.496 e. The van der Waals surface area contributed by atoms with Crippen molar-refractivity contribution in [2.75, 3.05) is 21.3 Å². The van der Waals surface area contributed by atoms with Crippen LogP contribution in [0.25, 0.3) is 0 Å². The number of ether oxygens (including phenoxy) is 3. The summed E-state index contributed by atoms with van der Waals surface area (Å²) in [5, 5.41) is 1.86. The molecule has 0 radical (unpaired) electrons. The van der Waals surface area contributed by atoms with E-state index >= 15 is 0 Å². The van der Waals surface area contributed by atoms with E-state index in [1.54, 1.807) is 18.2 Å². The zero-order valence-electron chi connectivity index (χ0n) is 10.9. The van der Waals surface area contributed by atoms with E-state index in [9.17, 15) is 4.79 Å². The molecule has 0 aliphatic carbocycles. The van der Waals surface area contributed by atoms with E-state index in [1.165, 1.54) is 32.7 Å². The van der Waals surface area contributed by atoms with Crippen molar-refractivity contribution < 1.29 is 19.0 Å². The van der Waals surface area contributed by atoms with Crippen LogP contribution in [0.5, 0.6) is 17.2 Å². The van der Waals surface area contributed by atoms with E-state index in [-0.39, 0.29) is 5.78 Å². The van der Waals surface area contributed by atoms with Gasteiger partial charge in [-0.1, -0.05) is 6.07 Å². The van der Waals surface area contributed by atoms with Gasteiger partial charge in [0.15, 0.2) is 11.5 Å². The fraction of sp³-hybridized carbons (Fsp3) is 0.214. The lowest BCUT2D eigenvalue weighted by Gasteiger charge is -2.12. The number of ketones is 1. The molecule has 0 fully saturated rings. The third kappa shape index (κ3) is 2.56. The Balaban J connectivity index is 2.52. The van der Waals surface area contributed by atoms with Gasteiger partial charge in [-0.2, -0.15) is 0 Å². The van der Waals surface area contributed by atoms with E-state index in [2.05, 4.69) is 0 Å². The molecular formula is C14H14O4S. The van der Waals surface area contributed by atoms with Gasteiger partial charge >= 0.3 is 0 Å². The molecular weight excluding hydrogens is 264 g/mol. The molecule has 1 heterocycles. The monoisotopic (exact) mass is 278 g/mol. The molecule has 2 aromatic rings. The first-order valence-corrected chi connectivity index (χ1v) is 6.47. The summed E-state index contributed by atoms with van der Waals surface area (Å²) < 4.78 is 15.7. The molecule has 2 rings (SSSR count). The second kappa shape index (κ2) is 5.75. The van der Waals surface area contributed by atoms with Crippen LogP contribution in [0.2, 0.25) is 0 Å². The van der Waals surface area contributed by atoms with Crippen molar-refractivity contribution in [2.45, 2.75) is 0 Å². The maximum absolute atomic E-state index is 12.4. The number of thiophene rings is 1. The van der Waals surface area contributed by atoms with Gasteiger partial charge in [0.2, 0.25) is 5.78 Å². The topological polar surface area (TPSA) is 44.8 Å². The standard InChI is InChI=1S/C14H14O4S/c1-16-10-8-12(18-3)11(17-2)7-9(10)14(15)13-5-4-6-19-13/h4-8H,1-3H3. The van der Waals surface area contributed by atoms with Crippen LogP contribution in [-0.2, 0) is 0 Å². The number of rotatable bonds is 5. The van der Waals surface area contributed by atoms with Crippen molar-refractivity contribution >= 4 is 17.1 Å². The predicted octanol–water partition coefficient (Wildman–Crippen LogP) is 3.00. The van der Waals surface area contributed by atoms with Crippen LogP contribution in [0.15, 0.2) is 29.6 Å². The van der Waals surface area contributed by atoms with E-state index in [4.69, 9.17) is 14.2 Å². The molecule has 0 amide bonds.